The normalized spacial score (nSPS) is 10.7. The van der Waals surface area contributed by atoms with Gasteiger partial charge in [0.1, 0.15) is 0 Å². The van der Waals surface area contributed by atoms with E-state index in [-0.39, 0.29) is 17.5 Å². The maximum atomic E-state index is 13.2. The van der Waals surface area contributed by atoms with E-state index in [2.05, 4.69) is 25.7 Å². The largest absolute Gasteiger partial charge is 0.462 e. The SMILES string of the molecule is CCOC(=O)c1c(CBr)cnc(F)c1C(F)F. The average Bonchev–Trinajstić information content (AvgIpc) is 2.28. The third kappa shape index (κ3) is 2.96. The Morgan fingerprint density at radius 1 is 1.59 bits per heavy atom. The van der Waals surface area contributed by atoms with Crippen molar-refractivity contribution in [3.63, 3.8) is 0 Å². The smallest absolute Gasteiger partial charge is 0.339 e. The topological polar surface area (TPSA) is 39.2 Å². The summed E-state index contributed by atoms with van der Waals surface area (Å²) in [5.41, 5.74) is -1.30. The van der Waals surface area contributed by atoms with Crippen molar-refractivity contribution in [2.75, 3.05) is 6.61 Å². The van der Waals surface area contributed by atoms with Gasteiger partial charge in [0.25, 0.3) is 6.43 Å². The molecule has 0 aliphatic heterocycles. The molecule has 0 bridgehead atoms. The van der Waals surface area contributed by atoms with Gasteiger partial charge in [0, 0.05) is 11.5 Å². The van der Waals surface area contributed by atoms with Crippen LogP contribution in [0.4, 0.5) is 13.2 Å². The number of carbonyl (C=O) groups is 1. The Morgan fingerprint density at radius 3 is 2.71 bits per heavy atom. The molecule has 0 radical (unpaired) electrons. The number of ether oxygens (including phenoxy) is 1. The van der Waals surface area contributed by atoms with Crippen LogP contribution < -0.4 is 0 Å². The number of hydrogen-bond donors (Lipinski definition) is 0. The summed E-state index contributed by atoms with van der Waals surface area (Å²) in [6.45, 7) is 1.55. The lowest BCUT2D eigenvalue weighted by Crippen LogP contribution is -2.14. The Kier molecular flexibility index (Phi) is 4.92. The van der Waals surface area contributed by atoms with Crippen LogP contribution in [0.15, 0.2) is 6.20 Å². The summed E-state index contributed by atoms with van der Waals surface area (Å²) in [6.07, 6.45) is -2.09. The van der Waals surface area contributed by atoms with E-state index >= 15 is 0 Å². The van der Waals surface area contributed by atoms with Gasteiger partial charge in [-0.25, -0.2) is 18.6 Å². The van der Waals surface area contributed by atoms with E-state index in [1.54, 1.807) is 0 Å². The molecule has 1 rings (SSSR count). The van der Waals surface area contributed by atoms with E-state index in [9.17, 15) is 18.0 Å². The van der Waals surface area contributed by atoms with Crippen LogP contribution in [-0.4, -0.2) is 17.6 Å². The van der Waals surface area contributed by atoms with Crippen molar-refractivity contribution in [3.8, 4) is 0 Å². The van der Waals surface area contributed by atoms with Crippen LogP contribution in [0.25, 0.3) is 0 Å². The fourth-order valence-electron chi connectivity index (χ4n) is 1.29. The van der Waals surface area contributed by atoms with E-state index in [0.717, 1.165) is 6.20 Å². The molecule has 0 saturated heterocycles. The first-order valence-electron chi connectivity index (χ1n) is 4.71. The highest BCUT2D eigenvalue weighted by atomic mass is 79.9. The maximum absolute atomic E-state index is 13.2. The van der Waals surface area contributed by atoms with Gasteiger partial charge in [-0.1, -0.05) is 15.9 Å². The lowest BCUT2D eigenvalue weighted by atomic mass is 10.1. The highest BCUT2D eigenvalue weighted by Crippen LogP contribution is 2.28. The van der Waals surface area contributed by atoms with E-state index in [0.29, 0.717) is 0 Å². The molecule has 0 spiro atoms. The van der Waals surface area contributed by atoms with E-state index in [1.807, 2.05) is 0 Å². The third-order valence-corrected chi connectivity index (χ3v) is 2.59. The Balaban J connectivity index is 3.40. The second-order valence-corrected chi connectivity index (χ2v) is 3.58. The van der Waals surface area contributed by atoms with Crippen LogP contribution in [-0.2, 0) is 10.1 Å². The van der Waals surface area contributed by atoms with Gasteiger partial charge in [-0.3, -0.25) is 0 Å². The van der Waals surface area contributed by atoms with Crippen molar-refractivity contribution < 1.29 is 22.7 Å². The van der Waals surface area contributed by atoms with Gasteiger partial charge in [-0.2, -0.15) is 4.39 Å². The van der Waals surface area contributed by atoms with Crippen LogP contribution in [0.5, 0.6) is 0 Å². The van der Waals surface area contributed by atoms with Crippen molar-refractivity contribution in [2.24, 2.45) is 0 Å². The van der Waals surface area contributed by atoms with Crippen molar-refractivity contribution in [2.45, 2.75) is 18.7 Å². The van der Waals surface area contributed by atoms with Crippen LogP contribution in [0.3, 0.4) is 0 Å². The minimum Gasteiger partial charge on any atom is -0.462 e. The molecule has 0 aliphatic carbocycles. The van der Waals surface area contributed by atoms with Crippen LogP contribution in [0.2, 0.25) is 0 Å². The third-order valence-electron chi connectivity index (χ3n) is 1.99. The molecule has 1 aromatic heterocycles. The molecule has 0 aliphatic rings. The number of hydrogen-bond acceptors (Lipinski definition) is 3. The second-order valence-electron chi connectivity index (χ2n) is 3.02. The molecule has 3 nitrogen and oxygen atoms in total. The standard InChI is InChI=1S/C10H9BrF3NO2/c1-2-17-10(16)6-5(3-11)4-15-9(14)7(6)8(12)13/h4,8H,2-3H2,1H3. The number of pyridine rings is 1. The predicted molar refractivity (Wildman–Crippen MR) is 57.7 cm³/mol. The molecule has 1 heterocycles. The molecule has 0 N–H and O–H groups in total. The average molecular weight is 312 g/mol. The van der Waals surface area contributed by atoms with Gasteiger partial charge >= 0.3 is 5.97 Å². The maximum Gasteiger partial charge on any atom is 0.339 e. The van der Waals surface area contributed by atoms with Gasteiger partial charge in [0.2, 0.25) is 5.95 Å². The fourth-order valence-corrected chi connectivity index (χ4v) is 1.71. The van der Waals surface area contributed by atoms with Crippen molar-refractivity contribution >= 4 is 21.9 Å². The summed E-state index contributed by atoms with van der Waals surface area (Å²) in [5.74, 6) is -2.33. The summed E-state index contributed by atoms with van der Waals surface area (Å²) in [7, 11) is 0. The van der Waals surface area contributed by atoms with E-state index in [4.69, 9.17) is 0 Å². The van der Waals surface area contributed by atoms with E-state index in [1.165, 1.54) is 6.92 Å². The Labute approximate surface area is 104 Å². The van der Waals surface area contributed by atoms with Crippen LogP contribution in [0.1, 0.15) is 34.8 Å². The molecule has 0 aromatic carbocycles. The summed E-state index contributed by atoms with van der Waals surface area (Å²) in [5, 5.41) is 0.105. The zero-order chi connectivity index (χ0) is 13.0. The first kappa shape index (κ1) is 14.0. The number of nitrogens with zero attached hydrogens (tertiary/aromatic N) is 1. The van der Waals surface area contributed by atoms with Crippen molar-refractivity contribution in [3.05, 3.63) is 28.8 Å². The number of halogens is 4. The van der Waals surface area contributed by atoms with Gasteiger partial charge in [-0.05, 0) is 12.5 Å². The van der Waals surface area contributed by atoms with Crippen LogP contribution in [0, 0.1) is 5.95 Å². The number of aromatic nitrogens is 1. The molecule has 0 saturated carbocycles. The van der Waals surface area contributed by atoms with E-state index < -0.39 is 29.5 Å². The molecule has 1 aromatic rings. The summed E-state index contributed by atoms with van der Waals surface area (Å²) < 4.78 is 43.2. The molecule has 0 amide bonds. The number of rotatable bonds is 4. The first-order chi connectivity index (χ1) is 8.02. The highest BCUT2D eigenvalue weighted by molar-refractivity contribution is 9.08. The quantitative estimate of drug-likeness (QED) is 0.487. The second kappa shape index (κ2) is 6.00. The summed E-state index contributed by atoms with van der Waals surface area (Å²) >= 11 is 3.02. The monoisotopic (exact) mass is 311 g/mol. The predicted octanol–water partition coefficient (Wildman–Crippen LogP) is 3.23. The Hall–Kier alpha value is -1.11. The molecule has 17 heavy (non-hydrogen) atoms. The Morgan fingerprint density at radius 2 is 2.24 bits per heavy atom. The minimum absolute atomic E-state index is 0.0210. The molecular formula is C10H9BrF3NO2. The lowest BCUT2D eigenvalue weighted by Gasteiger charge is -2.12. The van der Waals surface area contributed by atoms with Crippen LogP contribution >= 0.6 is 15.9 Å². The summed E-state index contributed by atoms with van der Waals surface area (Å²) in [4.78, 5) is 14.7. The molecule has 0 atom stereocenters. The highest BCUT2D eigenvalue weighted by Gasteiger charge is 2.27. The van der Waals surface area contributed by atoms with Crippen molar-refractivity contribution in [1.82, 2.24) is 4.98 Å². The van der Waals surface area contributed by atoms with Gasteiger partial charge in [0.05, 0.1) is 17.7 Å². The fraction of sp³-hybridized carbons (Fsp3) is 0.400. The first-order valence-corrected chi connectivity index (χ1v) is 5.83. The molecular weight excluding hydrogens is 303 g/mol. The molecule has 94 valence electrons. The van der Waals surface area contributed by atoms with Gasteiger partial charge in [-0.15, -0.1) is 0 Å². The number of carbonyl (C=O) groups excluding carboxylic acids is 1. The number of alkyl halides is 3. The lowest BCUT2D eigenvalue weighted by molar-refractivity contribution is 0.0511. The molecule has 7 heteroatoms. The van der Waals surface area contributed by atoms with Crippen molar-refractivity contribution in [1.29, 1.82) is 0 Å². The van der Waals surface area contributed by atoms with Gasteiger partial charge < -0.3 is 4.74 Å². The zero-order valence-electron chi connectivity index (χ0n) is 8.84. The number of esters is 1. The summed E-state index contributed by atoms with van der Waals surface area (Å²) in [6, 6.07) is 0. The molecule has 0 unspecified atom stereocenters. The molecule has 0 fully saturated rings. The van der Waals surface area contributed by atoms with Gasteiger partial charge in [0.15, 0.2) is 0 Å². The zero-order valence-corrected chi connectivity index (χ0v) is 10.4. The minimum atomic E-state index is -3.12. The Bertz CT molecular complexity index is 426.